The Bertz CT molecular complexity index is 1140. The van der Waals surface area contributed by atoms with Crippen LogP contribution in [0.15, 0.2) is 24.7 Å². The van der Waals surface area contributed by atoms with E-state index in [0.717, 1.165) is 35.3 Å². The Morgan fingerprint density at radius 2 is 2.10 bits per heavy atom. The minimum Gasteiger partial charge on any atom is -0.368 e. The summed E-state index contributed by atoms with van der Waals surface area (Å²) in [6.45, 7) is 4.94. The highest BCUT2D eigenvalue weighted by atomic mass is 32.2. The van der Waals surface area contributed by atoms with Gasteiger partial charge in [0.05, 0.1) is 23.3 Å². The summed E-state index contributed by atoms with van der Waals surface area (Å²) in [7, 11) is -3.25. The summed E-state index contributed by atoms with van der Waals surface area (Å²) >= 11 is 0. The van der Waals surface area contributed by atoms with Crippen molar-refractivity contribution in [1.82, 2.24) is 29.2 Å². The summed E-state index contributed by atoms with van der Waals surface area (Å²) in [5.41, 5.74) is 9.58. The number of nitrogens with one attached hydrogen (secondary N) is 1. The van der Waals surface area contributed by atoms with E-state index in [1.54, 1.807) is 22.9 Å². The molecule has 3 N–H and O–H groups in total. The maximum Gasteiger partial charge on any atom is 0.220 e. The van der Waals surface area contributed by atoms with Gasteiger partial charge in [0, 0.05) is 31.0 Å². The van der Waals surface area contributed by atoms with E-state index < -0.39 is 10.0 Å². The predicted molar refractivity (Wildman–Crippen MR) is 116 cm³/mol. The van der Waals surface area contributed by atoms with E-state index in [9.17, 15) is 8.42 Å². The SMILES string of the molecule is CC(C)CS(=O)(=O)N1CCC[C@H](Cc2nc(N)ncc2-c2cnc3[nH]ccc3n2)C1. The fourth-order valence-corrected chi connectivity index (χ4v) is 5.91. The number of sulfonamides is 1. The van der Waals surface area contributed by atoms with Crippen LogP contribution in [0.4, 0.5) is 5.95 Å². The van der Waals surface area contributed by atoms with Crippen LogP contribution in [0.25, 0.3) is 22.4 Å². The summed E-state index contributed by atoms with van der Waals surface area (Å²) in [6, 6.07) is 1.86. The van der Waals surface area contributed by atoms with Crippen molar-refractivity contribution < 1.29 is 8.42 Å². The van der Waals surface area contributed by atoms with Crippen molar-refractivity contribution in [3.63, 3.8) is 0 Å². The molecule has 0 amide bonds. The second kappa shape index (κ2) is 8.27. The van der Waals surface area contributed by atoms with E-state index in [4.69, 9.17) is 5.73 Å². The molecule has 0 aliphatic carbocycles. The monoisotopic (exact) mass is 429 g/mol. The van der Waals surface area contributed by atoms with Crippen molar-refractivity contribution in [1.29, 1.82) is 0 Å². The third-order valence-electron chi connectivity index (χ3n) is 5.32. The lowest BCUT2D eigenvalue weighted by molar-refractivity contribution is 0.263. The van der Waals surface area contributed by atoms with Crippen molar-refractivity contribution in [3.8, 4) is 11.3 Å². The molecule has 3 aromatic heterocycles. The van der Waals surface area contributed by atoms with Crippen LogP contribution in [0.1, 0.15) is 32.4 Å². The van der Waals surface area contributed by atoms with Crippen molar-refractivity contribution in [3.05, 3.63) is 30.4 Å². The standard InChI is InChI=1S/C20H27N7O2S/c1-13(2)12-30(28,29)27-7-3-4-14(11-27)8-17-15(9-24-20(21)26-17)18-10-23-19-16(25-18)5-6-22-19/h5-6,9-10,13-14H,3-4,7-8,11-12H2,1-2H3,(H,22,23)(H2,21,24,26)/t14-/m1/s1. The van der Waals surface area contributed by atoms with Gasteiger partial charge in [-0.1, -0.05) is 13.8 Å². The highest BCUT2D eigenvalue weighted by Gasteiger charge is 2.30. The van der Waals surface area contributed by atoms with Gasteiger partial charge < -0.3 is 10.7 Å². The number of aromatic amines is 1. The lowest BCUT2D eigenvalue weighted by Gasteiger charge is -2.32. The summed E-state index contributed by atoms with van der Waals surface area (Å²) in [6.07, 6.45) is 7.56. The molecule has 1 fully saturated rings. The van der Waals surface area contributed by atoms with Crippen LogP contribution in [-0.2, 0) is 16.4 Å². The van der Waals surface area contributed by atoms with Gasteiger partial charge in [-0.2, -0.15) is 0 Å². The molecule has 0 spiro atoms. The fourth-order valence-electron chi connectivity index (χ4n) is 4.01. The average molecular weight is 430 g/mol. The Morgan fingerprint density at radius 3 is 2.90 bits per heavy atom. The Labute approximate surface area is 176 Å². The molecule has 1 saturated heterocycles. The molecule has 4 rings (SSSR count). The third kappa shape index (κ3) is 4.44. The van der Waals surface area contributed by atoms with Crippen LogP contribution in [0.5, 0.6) is 0 Å². The zero-order chi connectivity index (χ0) is 21.3. The number of fused-ring (bicyclic) bond motifs is 1. The molecular formula is C20H27N7O2S. The highest BCUT2D eigenvalue weighted by Crippen LogP contribution is 2.28. The number of aromatic nitrogens is 5. The summed E-state index contributed by atoms with van der Waals surface area (Å²) in [5, 5.41) is 0. The lowest BCUT2D eigenvalue weighted by Crippen LogP contribution is -2.42. The molecular weight excluding hydrogens is 402 g/mol. The maximum absolute atomic E-state index is 12.7. The molecule has 4 heterocycles. The summed E-state index contributed by atoms with van der Waals surface area (Å²) in [4.78, 5) is 20.7. The second-order valence-corrected chi connectivity index (χ2v) is 10.3. The van der Waals surface area contributed by atoms with Crippen LogP contribution < -0.4 is 5.73 Å². The minimum atomic E-state index is -3.25. The Kier molecular flexibility index (Phi) is 5.70. The van der Waals surface area contributed by atoms with Gasteiger partial charge in [0.2, 0.25) is 16.0 Å². The number of nitrogens with zero attached hydrogens (tertiary/aromatic N) is 5. The predicted octanol–water partition coefficient (Wildman–Crippen LogP) is 2.24. The van der Waals surface area contributed by atoms with E-state index >= 15 is 0 Å². The molecule has 9 nitrogen and oxygen atoms in total. The number of anilines is 1. The highest BCUT2D eigenvalue weighted by molar-refractivity contribution is 7.89. The second-order valence-electron chi connectivity index (χ2n) is 8.30. The number of hydrogen-bond donors (Lipinski definition) is 2. The zero-order valence-electron chi connectivity index (χ0n) is 17.2. The van der Waals surface area contributed by atoms with Crippen LogP contribution in [0.3, 0.4) is 0 Å². The van der Waals surface area contributed by atoms with E-state index in [2.05, 4.69) is 24.9 Å². The largest absolute Gasteiger partial charge is 0.368 e. The van der Waals surface area contributed by atoms with Crippen LogP contribution in [0.2, 0.25) is 0 Å². The first-order valence-electron chi connectivity index (χ1n) is 10.2. The molecule has 10 heteroatoms. The van der Waals surface area contributed by atoms with E-state index in [1.807, 2.05) is 19.9 Å². The molecule has 0 unspecified atom stereocenters. The van der Waals surface area contributed by atoms with E-state index in [-0.39, 0.29) is 23.5 Å². The van der Waals surface area contributed by atoms with Crippen molar-refractivity contribution >= 4 is 27.1 Å². The molecule has 1 aliphatic heterocycles. The van der Waals surface area contributed by atoms with Gasteiger partial charge in [-0.05, 0) is 37.2 Å². The van der Waals surface area contributed by atoms with E-state index in [0.29, 0.717) is 25.2 Å². The Balaban J connectivity index is 1.59. The van der Waals surface area contributed by atoms with Crippen molar-refractivity contribution in [2.75, 3.05) is 24.6 Å². The van der Waals surface area contributed by atoms with Crippen molar-refractivity contribution in [2.24, 2.45) is 11.8 Å². The Hall–Kier alpha value is -2.59. The van der Waals surface area contributed by atoms with Gasteiger partial charge in [0.15, 0.2) is 5.65 Å². The topological polar surface area (TPSA) is 131 Å². The molecule has 1 atom stereocenters. The quantitative estimate of drug-likeness (QED) is 0.614. The number of hydrogen-bond acceptors (Lipinski definition) is 7. The number of piperidine rings is 1. The molecule has 30 heavy (non-hydrogen) atoms. The van der Waals surface area contributed by atoms with Gasteiger partial charge in [0.1, 0.15) is 5.52 Å². The number of rotatable bonds is 6. The average Bonchev–Trinajstić information content (AvgIpc) is 3.15. The third-order valence-corrected chi connectivity index (χ3v) is 7.53. The smallest absolute Gasteiger partial charge is 0.220 e. The van der Waals surface area contributed by atoms with Gasteiger partial charge in [-0.15, -0.1) is 0 Å². The Morgan fingerprint density at radius 1 is 1.27 bits per heavy atom. The van der Waals surface area contributed by atoms with Gasteiger partial charge in [-0.25, -0.2) is 32.7 Å². The van der Waals surface area contributed by atoms with Gasteiger partial charge in [0.25, 0.3) is 0 Å². The molecule has 0 aromatic carbocycles. The van der Waals surface area contributed by atoms with Gasteiger partial charge in [-0.3, -0.25) is 0 Å². The van der Waals surface area contributed by atoms with Gasteiger partial charge >= 0.3 is 0 Å². The first kappa shape index (κ1) is 20.7. The normalized spacial score (nSPS) is 18.3. The molecule has 3 aromatic rings. The van der Waals surface area contributed by atoms with Crippen LogP contribution >= 0.6 is 0 Å². The lowest BCUT2D eigenvalue weighted by atomic mass is 9.92. The maximum atomic E-state index is 12.7. The number of H-pyrrole nitrogens is 1. The zero-order valence-corrected chi connectivity index (χ0v) is 18.1. The molecule has 0 saturated carbocycles. The molecule has 160 valence electrons. The number of nitrogen functional groups attached to an aromatic ring is 1. The summed E-state index contributed by atoms with van der Waals surface area (Å²) < 4.78 is 27.0. The number of nitrogens with two attached hydrogens (primary N) is 1. The first-order valence-corrected chi connectivity index (χ1v) is 11.8. The fraction of sp³-hybridized carbons (Fsp3) is 0.500. The molecule has 1 aliphatic rings. The van der Waals surface area contributed by atoms with Crippen LogP contribution in [-0.4, -0.2) is 56.5 Å². The first-order chi connectivity index (χ1) is 14.3. The minimum absolute atomic E-state index is 0.102. The summed E-state index contributed by atoms with van der Waals surface area (Å²) in [5.74, 6) is 0.644. The van der Waals surface area contributed by atoms with E-state index in [1.165, 1.54) is 0 Å². The molecule has 0 bridgehead atoms. The molecule has 0 radical (unpaired) electrons. The van der Waals surface area contributed by atoms with Crippen molar-refractivity contribution in [2.45, 2.75) is 33.1 Å². The van der Waals surface area contributed by atoms with Crippen LogP contribution in [0, 0.1) is 11.8 Å².